The van der Waals surface area contributed by atoms with Gasteiger partial charge in [0.15, 0.2) is 0 Å². The van der Waals surface area contributed by atoms with Gasteiger partial charge in [-0.1, -0.05) is 43.5 Å². The average molecular weight is 306 g/mol. The van der Waals surface area contributed by atoms with E-state index in [4.69, 9.17) is 5.11 Å². The van der Waals surface area contributed by atoms with E-state index in [2.05, 4.69) is 22.6 Å². The normalized spacial score (nSPS) is 10.5. The molecule has 1 aromatic rings. The van der Waals surface area contributed by atoms with E-state index in [1.165, 1.54) is 21.1 Å². The van der Waals surface area contributed by atoms with Crippen LogP contribution in [0.2, 0.25) is 0 Å². The lowest BCUT2D eigenvalue weighted by Gasteiger charge is -2.03. The molecule has 0 fully saturated rings. The summed E-state index contributed by atoms with van der Waals surface area (Å²) in [4.78, 5) is 21.5. The van der Waals surface area contributed by atoms with Crippen LogP contribution in [0.3, 0.4) is 0 Å². The van der Waals surface area contributed by atoms with E-state index >= 15 is 0 Å². The van der Waals surface area contributed by atoms with Crippen molar-refractivity contribution < 1.29 is 24.2 Å². The zero-order chi connectivity index (χ0) is 17.1. The van der Waals surface area contributed by atoms with E-state index < -0.39 is 12.1 Å². The highest BCUT2D eigenvalue weighted by atomic mass is 16.5. The molecule has 0 aliphatic rings. The first-order valence-electron chi connectivity index (χ1n) is 6.58. The summed E-state index contributed by atoms with van der Waals surface area (Å²) in [6.07, 6.45) is -0.273. The number of benzene rings is 1. The molecule has 1 rings (SSSR count). The smallest absolute Gasteiger partial charge is 0.335 e. The van der Waals surface area contributed by atoms with Gasteiger partial charge in [0.05, 0.1) is 25.9 Å². The van der Waals surface area contributed by atoms with Gasteiger partial charge in [0.2, 0.25) is 0 Å². The van der Waals surface area contributed by atoms with Gasteiger partial charge in [-0.05, 0) is 12.5 Å². The Balaban J connectivity index is 0.000000433. The molecular formula is C17H22O5. The highest BCUT2D eigenvalue weighted by molar-refractivity contribution is 5.88. The lowest BCUT2D eigenvalue weighted by molar-refractivity contribution is -0.137. The number of rotatable bonds is 5. The van der Waals surface area contributed by atoms with Crippen molar-refractivity contribution in [2.24, 2.45) is 0 Å². The van der Waals surface area contributed by atoms with Crippen LogP contribution in [0.15, 0.2) is 54.6 Å². The van der Waals surface area contributed by atoms with Crippen LogP contribution < -0.4 is 0 Å². The third-order valence-electron chi connectivity index (χ3n) is 2.69. The topological polar surface area (TPSA) is 72.8 Å². The molecule has 5 nitrogen and oxygen atoms in total. The molecular weight excluding hydrogens is 284 g/mol. The van der Waals surface area contributed by atoms with Gasteiger partial charge in [-0.3, -0.25) is 0 Å². The van der Waals surface area contributed by atoms with E-state index in [9.17, 15) is 9.59 Å². The summed E-state index contributed by atoms with van der Waals surface area (Å²) in [6.45, 7) is 8.40. The Morgan fingerprint density at radius 1 is 1.09 bits per heavy atom. The first kappa shape index (κ1) is 19.6. The molecule has 0 amide bonds. The Labute approximate surface area is 130 Å². The van der Waals surface area contributed by atoms with E-state index in [0.717, 1.165) is 5.56 Å². The SMILES string of the molecule is C=C(C(=O)OC)C(C)O.C=C(Cc1ccccc1)C(=O)OC. The summed E-state index contributed by atoms with van der Waals surface area (Å²) in [7, 11) is 2.61. The van der Waals surface area contributed by atoms with Crippen LogP contribution >= 0.6 is 0 Å². The predicted octanol–water partition coefficient (Wildman–Crippen LogP) is 2.05. The van der Waals surface area contributed by atoms with Crippen LogP contribution in [-0.4, -0.2) is 37.4 Å². The van der Waals surface area contributed by atoms with Gasteiger partial charge >= 0.3 is 11.9 Å². The van der Waals surface area contributed by atoms with Crippen molar-refractivity contribution in [3.8, 4) is 0 Å². The van der Waals surface area contributed by atoms with E-state index in [1.807, 2.05) is 30.3 Å². The van der Waals surface area contributed by atoms with E-state index in [-0.39, 0.29) is 11.5 Å². The maximum Gasteiger partial charge on any atom is 0.335 e. The molecule has 0 saturated heterocycles. The summed E-state index contributed by atoms with van der Waals surface area (Å²) in [6, 6.07) is 9.70. The summed E-state index contributed by atoms with van der Waals surface area (Å²) < 4.78 is 8.82. The first-order chi connectivity index (χ1) is 10.3. The fraction of sp³-hybridized carbons (Fsp3) is 0.294. The van der Waals surface area contributed by atoms with Gasteiger partial charge < -0.3 is 14.6 Å². The Morgan fingerprint density at radius 3 is 1.95 bits per heavy atom. The molecule has 0 radical (unpaired) electrons. The Kier molecular flexibility index (Phi) is 9.22. The molecule has 0 bridgehead atoms. The quantitative estimate of drug-likeness (QED) is 0.666. The molecule has 0 aromatic heterocycles. The number of aliphatic hydroxyl groups is 1. The average Bonchev–Trinajstić information content (AvgIpc) is 2.53. The number of aliphatic hydroxyl groups excluding tert-OH is 1. The summed E-state index contributed by atoms with van der Waals surface area (Å²) in [5, 5.41) is 8.72. The minimum atomic E-state index is -0.822. The van der Waals surface area contributed by atoms with Gasteiger partial charge in [-0.25, -0.2) is 9.59 Å². The van der Waals surface area contributed by atoms with Gasteiger partial charge in [-0.15, -0.1) is 0 Å². The monoisotopic (exact) mass is 306 g/mol. The molecule has 0 aliphatic heterocycles. The van der Waals surface area contributed by atoms with Crippen LogP contribution in [0.1, 0.15) is 12.5 Å². The minimum Gasteiger partial charge on any atom is -0.466 e. The Hall–Kier alpha value is -2.40. The third kappa shape index (κ3) is 7.40. The number of hydrogen-bond acceptors (Lipinski definition) is 5. The number of hydrogen-bond donors (Lipinski definition) is 1. The summed E-state index contributed by atoms with van der Waals surface area (Å²) in [5.41, 5.74) is 1.63. The van der Waals surface area contributed by atoms with Gasteiger partial charge in [-0.2, -0.15) is 0 Å². The Bertz CT molecular complexity index is 517. The highest BCUT2D eigenvalue weighted by Crippen LogP contribution is 2.06. The molecule has 0 saturated carbocycles. The van der Waals surface area contributed by atoms with Crippen molar-refractivity contribution in [1.29, 1.82) is 0 Å². The van der Waals surface area contributed by atoms with Gasteiger partial charge in [0.25, 0.3) is 0 Å². The van der Waals surface area contributed by atoms with Crippen LogP contribution in [0, 0.1) is 0 Å². The molecule has 0 spiro atoms. The minimum absolute atomic E-state index is 0.0810. The van der Waals surface area contributed by atoms with Crippen LogP contribution in [0.4, 0.5) is 0 Å². The largest absolute Gasteiger partial charge is 0.466 e. The van der Waals surface area contributed by atoms with Crippen LogP contribution in [-0.2, 0) is 25.5 Å². The summed E-state index contributed by atoms with van der Waals surface area (Å²) >= 11 is 0. The lowest BCUT2D eigenvalue weighted by atomic mass is 10.1. The van der Waals surface area contributed by atoms with Crippen molar-refractivity contribution in [3.05, 3.63) is 60.2 Å². The molecule has 1 N–H and O–H groups in total. The molecule has 0 heterocycles. The lowest BCUT2D eigenvalue weighted by Crippen LogP contribution is -2.14. The molecule has 120 valence electrons. The highest BCUT2D eigenvalue weighted by Gasteiger charge is 2.10. The van der Waals surface area contributed by atoms with Crippen molar-refractivity contribution in [1.82, 2.24) is 0 Å². The molecule has 1 unspecified atom stereocenters. The van der Waals surface area contributed by atoms with Crippen molar-refractivity contribution >= 4 is 11.9 Å². The zero-order valence-corrected chi connectivity index (χ0v) is 13.2. The maximum absolute atomic E-state index is 11.0. The molecule has 1 aromatic carbocycles. The number of esters is 2. The maximum atomic E-state index is 11.0. The summed E-state index contributed by atoms with van der Waals surface area (Å²) in [5.74, 6) is -0.908. The van der Waals surface area contributed by atoms with Crippen LogP contribution in [0.25, 0.3) is 0 Å². The third-order valence-corrected chi connectivity index (χ3v) is 2.69. The molecule has 22 heavy (non-hydrogen) atoms. The van der Waals surface area contributed by atoms with Crippen LogP contribution in [0.5, 0.6) is 0 Å². The van der Waals surface area contributed by atoms with Gasteiger partial charge in [0.1, 0.15) is 0 Å². The number of carbonyl (C=O) groups excluding carboxylic acids is 2. The zero-order valence-electron chi connectivity index (χ0n) is 13.2. The molecule has 1 atom stereocenters. The Morgan fingerprint density at radius 2 is 1.59 bits per heavy atom. The van der Waals surface area contributed by atoms with Crippen molar-refractivity contribution in [2.75, 3.05) is 14.2 Å². The number of ether oxygens (including phenoxy) is 2. The second-order valence-corrected chi connectivity index (χ2v) is 4.45. The second-order valence-electron chi connectivity index (χ2n) is 4.45. The van der Waals surface area contributed by atoms with Crippen molar-refractivity contribution in [3.63, 3.8) is 0 Å². The number of carbonyl (C=O) groups is 2. The van der Waals surface area contributed by atoms with E-state index in [1.54, 1.807) is 0 Å². The molecule has 5 heteroatoms. The fourth-order valence-electron chi connectivity index (χ4n) is 1.36. The number of methoxy groups -OCH3 is 2. The standard InChI is InChI=1S/C11H12O2.C6H10O3/c1-9(11(12)13-2)8-10-6-4-3-5-7-10;1-4(5(2)7)6(8)9-3/h3-7H,1,8H2,2H3;5,7H,1H2,2-3H3. The molecule has 0 aliphatic carbocycles. The van der Waals surface area contributed by atoms with Gasteiger partial charge in [0, 0.05) is 12.0 Å². The first-order valence-corrected chi connectivity index (χ1v) is 6.58. The predicted molar refractivity (Wildman–Crippen MR) is 84.1 cm³/mol. The second kappa shape index (κ2) is 10.3. The van der Waals surface area contributed by atoms with E-state index in [0.29, 0.717) is 12.0 Å². The van der Waals surface area contributed by atoms with Crippen molar-refractivity contribution in [2.45, 2.75) is 19.4 Å². The fourth-order valence-corrected chi connectivity index (χ4v) is 1.36.